The predicted molar refractivity (Wildman–Crippen MR) is 141 cm³/mol. The van der Waals surface area contributed by atoms with Crippen LogP contribution in [0.1, 0.15) is 15.9 Å². The zero-order chi connectivity index (χ0) is 28.0. The Kier molecular flexibility index (Phi) is 6.19. The van der Waals surface area contributed by atoms with Crippen molar-refractivity contribution >= 4 is 43.9 Å². The van der Waals surface area contributed by atoms with E-state index in [9.17, 15) is 22.0 Å². The standard InChI is InChI=1S/C26H15F3N6O3S2/c27-15-2-1-3-16(9-15)40(37,38)34-20-5-4-19(28)22(23(20)29)24(36)18-11-32-25-17(18)8-14(10-31-25)21-12-33-26(39-21)35-7-6-30-13-35/h1-13,34H,(H,31,32). The van der Waals surface area contributed by atoms with Crippen LogP contribution in [0.4, 0.5) is 18.9 Å². The molecule has 0 fully saturated rings. The van der Waals surface area contributed by atoms with Crippen LogP contribution in [-0.4, -0.2) is 38.7 Å². The molecular weight excluding hydrogens is 565 g/mol. The first kappa shape index (κ1) is 25.5. The lowest BCUT2D eigenvalue weighted by Gasteiger charge is -2.12. The minimum Gasteiger partial charge on any atom is -0.345 e. The number of thiazole rings is 1. The lowest BCUT2D eigenvalue weighted by molar-refractivity contribution is 0.103. The minimum absolute atomic E-state index is 0.0772. The maximum absolute atomic E-state index is 15.5. The van der Waals surface area contributed by atoms with E-state index >= 15 is 4.39 Å². The Hall–Kier alpha value is -4.82. The van der Waals surface area contributed by atoms with Gasteiger partial charge in [-0.05, 0) is 36.4 Å². The van der Waals surface area contributed by atoms with E-state index in [0.29, 0.717) is 21.7 Å². The number of carbonyl (C=O) groups is 1. The highest BCUT2D eigenvalue weighted by Crippen LogP contribution is 2.32. The minimum atomic E-state index is -4.44. The van der Waals surface area contributed by atoms with E-state index in [1.54, 1.807) is 41.7 Å². The second-order valence-corrected chi connectivity index (χ2v) is 11.2. The molecule has 0 atom stereocenters. The number of nitrogens with zero attached hydrogens (tertiary/aromatic N) is 4. The zero-order valence-electron chi connectivity index (χ0n) is 20.0. The fraction of sp³-hybridized carbons (Fsp3) is 0. The number of nitrogens with one attached hydrogen (secondary N) is 2. The number of pyridine rings is 1. The van der Waals surface area contributed by atoms with Crippen molar-refractivity contribution in [2.75, 3.05) is 4.72 Å². The number of ketones is 1. The highest BCUT2D eigenvalue weighted by atomic mass is 32.2. The van der Waals surface area contributed by atoms with Crippen molar-refractivity contribution in [3.8, 4) is 15.6 Å². The first-order valence-electron chi connectivity index (χ1n) is 11.4. The molecule has 14 heteroatoms. The van der Waals surface area contributed by atoms with Gasteiger partial charge in [0.2, 0.25) is 5.78 Å². The number of fused-ring (bicyclic) bond motifs is 1. The van der Waals surface area contributed by atoms with E-state index in [-0.39, 0.29) is 5.56 Å². The van der Waals surface area contributed by atoms with E-state index in [0.717, 1.165) is 35.2 Å². The number of H-pyrrole nitrogens is 1. The Morgan fingerprint density at radius 2 is 1.90 bits per heavy atom. The summed E-state index contributed by atoms with van der Waals surface area (Å²) in [6.07, 6.45) is 9.43. The van der Waals surface area contributed by atoms with E-state index in [4.69, 9.17) is 0 Å². The monoisotopic (exact) mass is 580 g/mol. The van der Waals surface area contributed by atoms with E-state index in [1.807, 2.05) is 4.72 Å². The molecule has 0 bridgehead atoms. The molecule has 0 aliphatic carbocycles. The molecule has 0 saturated heterocycles. The Labute approximate surface area is 228 Å². The van der Waals surface area contributed by atoms with Gasteiger partial charge in [0, 0.05) is 47.5 Å². The Morgan fingerprint density at radius 3 is 2.67 bits per heavy atom. The molecule has 0 spiro atoms. The Morgan fingerprint density at radius 1 is 1.05 bits per heavy atom. The maximum Gasteiger partial charge on any atom is 0.262 e. The predicted octanol–water partition coefficient (Wildman–Crippen LogP) is 5.32. The number of rotatable bonds is 7. The van der Waals surface area contributed by atoms with Crippen LogP contribution in [0.3, 0.4) is 0 Å². The summed E-state index contributed by atoms with van der Waals surface area (Å²) in [5.41, 5.74) is -0.806. The van der Waals surface area contributed by atoms with Crippen molar-refractivity contribution in [3.05, 3.63) is 108 Å². The van der Waals surface area contributed by atoms with Crippen LogP contribution < -0.4 is 4.72 Å². The average Bonchev–Trinajstić information content (AvgIpc) is 3.70. The smallest absolute Gasteiger partial charge is 0.262 e. The van der Waals surface area contributed by atoms with Gasteiger partial charge in [0.05, 0.1) is 21.0 Å². The molecule has 2 N–H and O–H groups in total. The summed E-state index contributed by atoms with van der Waals surface area (Å²) in [5.74, 6) is -4.46. The van der Waals surface area contributed by atoms with Crippen LogP contribution in [0, 0.1) is 17.5 Å². The molecule has 6 aromatic rings. The number of sulfonamides is 1. The topological polar surface area (TPSA) is 123 Å². The van der Waals surface area contributed by atoms with Gasteiger partial charge in [0.1, 0.15) is 23.6 Å². The van der Waals surface area contributed by atoms with Crippen LogP contribution in [0.2, 0.25) is 0 Å². The van der Waals surface area contributed by atoms with Gasteiger partial charge in [-0.25, -0.2) is 36.5 Å². The highest BCUT2D eigenvalue weighted by molar-refractivity contribution is 7.92. The summed E-state index contributed by atoms with van der Waals surface area (Å²) < 4.78 is 72.9. The number of imidazole rings is 1. The zero-order valence-corrected chi connectivity index (χ0v) is 21.6. The number of carbonyl (C=O) groups excluding carboxylic acids is 1. The summed E-state index contributed by atoms with van der Waals surface area (Å²) in [6, 6.07) is 7.32. The highest BCUT2D eigenvalue weighted by Gasteiger charge is 2.27. The quantitative estimate of drug-likeness (QED) is 0.247. The summed E-state index contributed by atoms with van der Waals surface area (Å²) >= 11 is 1.34. The molecule has 40 heavy (non-hydrogen) atoms. The third kappa shape index (κ3) is 4.52. The molecule has 0 unspecified atom stereocenters. The van der Waals surface area contributed by atoms with Crippen molar-refractivity contribution in [2.24, 2.45) is 0 Å². The largest absolute Gasteiger partial charge is 0.345 e. The molecule has 0 aliphatic rings. The van der Waals surface area contributed by atoms with Crippen LogP contribution in [0.25, 0.3) is 26.6 Å². The summed E-state index contributed by atoms with van der Waals surface area (Å²) in [7, 11) is -4.44. The third-order valence-corrected chi connectivity index (χ3v) is 8.37. The average molecular weight is 581 g/mol. The number of halogens is 3. The van der Waals surface area contributed by atoms with Crippen LogP contribution in [0.15, 0.2) is 84.7 Å². The maximum atomic E-state index is 15.5. The van der Waals surface area contributed by atoms with Gasteiger partial charge in [-0.1, -0.05) is 17.4 Å². The molecular formula is C26H15F3N6O3S2. The van der Waals surface area contributed by atoms with E-state index in [1.165, 1.54) is 23.6 Å². The first-order valence-corrected chi connectivity index (χ1v) is 13.7. The van der Waals surface area contributed by atoms with Gasteiger partial charge in [-0.15, -0.1) is 0 Å². The van der Waals surface area contributed by atoms with Crippen LogP contribution in [-0.2, 0) is 10.0 Å². The van der Waals surface area contributed by atoms with Gasteiger partial charge < -0.3 is 4.98 Å². The molecule has 200 valence electrons. The molecule has 0 aliphatic heterocycles. The SMILES string of the molecule is O=C(c1c(F)ccc(NS(=O)(=O)c2cccc(F)c2)c1F)c1c[nH]c2ncc(-c3cnc(-n4ccnc4)s3)cc12. The third-order valence-electron chi connectivity index (χ3n) is 5.95. The Bertz CT molecular complexity index is 2020. The van der Waals surface area contributed by atoms with E-state index < -0.39 is 49.4 Å². The molecule has 4 heterocycles. The number of aromatic amines is 1. The molecule has 6 rings (SSSR count). The van der Waals surface area contributed by atoms with Crippen molar-refractivity contribution in [1.82, 2.24) is 24.5 Å². The van der Waals surface area contributed by atoms with Gasteiger partial charge in [0.25, 0.3) is 10.0 Å². The van der Waals surface area contributed by atoms with Crippen LogP contribution in [0.5, 0.6) is 0 Å². The fourth-order valence-electron chi connectivity index (χ4n) is 4.03. The number of anilines is 1. The van der Waals surface area contributed by atoms with Crippen LogP contribution >= 0.6 is 11.3 Å². The number of aromatic nitrogens is 5. The fourth-order valence-corrected chi connectivity index (χ4v) is 5.97. The normalized spacial score (nSPS) is 11.7. The summed E-state index contributed by atoms with van der Waals surface area (Å²) in [5, 5.41) is 0.948. The first-order chi connectivity index (χ1) is 19.2. The summed E-state index contributed by atoms with van der Waals surface area (Å²) in [4.78, 5) is 29.2. The molecule has 4 aromatic heterocycles. The van der Waals surface area contributed by atoms with Crippen molar-refractivity contribution in [2.45, 2.75) is 4.90 Å². The summed E-state index contributed by atoms with van der Waals surface area (Å²) in [6.45, 7) is 0. The number of benzene rings is 2. The Balaban J connectivity index is 1.36. The van der Waals surface area contributed by atoms with Crippen molar-refractivity contribution in [1.29, 1.82) is 0 Å². The number of hydrogen-bond donors (Lipinski definition) is 2. The lowest BCUT2D eigenvalue weighted by Crippen LogP contribution is -2.16. The van der Waals surface area contributed by atoms with Gasteiger partial charge in [-0.2, -0.15) is 0 Å². The molecule has 9 nitrogen and oxygen atoms in total. The lowest BCUT2D eigenvalue weighted by atomic mass is 10.0. The van der Waals surface area contributed by atoms with Gasteiger partial charge in [-0.3, -0.25) is 14.1 Å². The number of hydrogen-bond acceptors (Lipinski definition) is 7. The molecule has 2 aromatic carbocycles. The van der Waals surface area contributed by atoms with Crippen molar-refractivity contribution in [3.63, 3.8) is 0 Å². The molecule has 0 radical (unpaired) electrons. The van der Waals surface area contributed by atoms with Crippen molar-refractivity contribution < 1.29 is 26.4 Å². The second kappa shape index (κ2) is 9.73. The molecule has 0 saturated carbocycles. The van der Waals surface area contributed by atoms with E-state index in [2.05, 4.69) is 19.9 Å². The van der Waals surface area contributed by atoms with Gasteiger partial charge in [0.15, 0.2) is 10.9 Å². The molecule has 0 amide bonds. The second-order valence-electron chi connectivity index (χ2n) is 8.48. The van der Waals surface area contributed by atoms with Gasteiger partial charge >= 0.3 is 0 Å².